The summed E-state index contributed by atoms with van der Waals surface area (Å²) in [7, 11) is 0. The number of ether oxygens (including phenoxy) is 1. The van der Waals surface area contributed by atoms with Crippen molar-refractivity contribution in [2.45, 2.75) is 13.5 Å². The minimum Gasteiger partial charge on any atom is -0.435 e. The Morgan fingerprint density at radius 1 is 1.38 bits per heavy atom. The Bertz CT molecular complexity index is 310. The summed E-state index contributed by atoms with van der Waals surface area (Å²) in [5.74, 6) is 0.0112. The van der Waals surface area contributed by atoms with Gasteiger partial charge in [0, 0.05) is 5.56 Å². The summed E-state index contributed by atoms with van der Waals surface area (Å²) in [5, 5.41) is 0. The Morgan fingerprint density at radius 2 is 2.08 bits per heavy atom. The Hall–Kier alpha value is -1.45. The highest BCUT2D eigenvalue weighted by molar-refractivity contribution is 5.76. The van der Waals surface area contributed by atoms with E-state index in [9.17, 15) is 13.6 Å². The van der Waals surface area contributed by atoms with Gasteiger partial charge in [-0.25, -0.2) is 0 Å². The van der Waals surface area contributed by atoms with Crippen LogP contribution in [0.1, 0.15) is 15.9 Å². The zero-order valence-electron chi connectivity index (χ0n) is 6.96. The first kappa shape index (κ1) is 9.64. The van der Waals surface area contributed by atoms with Crippen LogP contribution in [-0.4, -0.2) is 12.9 Å². The lowest BCUT2D eigenvalue weighted by Crippen LogP contribution is -2.02. The normalized spacial score (nSPS) is 10.2. The molecule has 0 saturated carbocycles. The molecule has 13 heavy (non-hydrogen) atoms. The number of alkyl halides is 2. The standard InChI is InChI=1S/C9H8F2O2/c1-6-2-7(5-12)4-8(3-6)13-9(10)11/h2-5,9H,1H3. The van der Waals surface area contributed by atoms with Gasteiger partial charge in [0.1, 0.15) is 12.0 Å². The lowest BCUT2D eigenvalue weighted by atomic mass is 10.1. The third kappa shape index (κ3) is 2.82. The van der Waals surface area contributed by atoms with Crippen LogP contribution in [0.4, 0.5) is 8.78 Å². The van der Waals surface area contributed by atoms with Gasteiger partial charge in [-0.2, -0.15) is 8.78 Å². The molecule has 0 heterocycles. The predicted molar refractivity (Wildman–Crippen MR) is 43.2 cm³/mol. The van der Waals surface area contributed by atoms with Crippen molar-refractivity contribution in [2.75, 3.05) is 0 Å². The fourth-order valence-corrected chi connectivity index (χ4v) is 1.02. The maximum absolute atomic E-state index is 11.8. The van der Waals surface area contributed by atoms with Crippen LogP contribution in [0.25, 0.3) is 0 Å². The molecule has 0 amide bonds. The molecule has 1 aromatic carbocycles. The zero-order chi connectivity index (χ0) is 9.84. The fraction of sp³-hybridized carbons (Fsp3) is 0.222. The summed E-state index contributed by atoms with van der Waals surface area (Å²) in [6.45, 7) is -1.16. The Labute approximate surface area is 74.1 Å². The molecule has 0 aromatic heterocycles. The van der Waals surface area contributed by atoms with E-state index >= 15 is 0 Å². The van der Waals surface area contributed by atoms with Crippen molar-refractivity contribution in [3.8, 4) is 5.75 Å². The van der Waals surface area contributed by atoms with Gasteiger partial charge >= 0.3 is 6.61 Å². The van der Waals surface area contributed by atoms with Crippen LogP contribution in [0.15, 0.2) is 18.2 Å². The van der Waals surface area contributed by atoms with Gasteiger partial charge in [0.05, 0.1) is 0 Å². The predicted octanol–water partition coefficient (Wildman–Crippen LogP) is 2.41. The van der Waals surface area contributed by atoms with Crippen molar-refractivity contribution in [1.82, 2.24) is 0 Å². The van der Waals surface area contributed by atoms with Crippen LogP contribution in [0, 0.1) is 6.92 Å². The van der Waals surface area contributed by atoms with E-state index in [1.807, 2.05) is 0 Å². The van der Waals surface area contributed by atoms with Gasteiger partial charge < -0.3 is 4.74 Å². The molecule has 0 saturated heterocycles. The van der Waals surface area contributed by atoms with Crippen molar-refractivity contribution < 1.29 is 18.3 Å². The summed E-state index contributed by atoms with van der Waals surface area (Å²) < 4.78 is 27.7. The molecular formula is C9H8F2O2. The minimum absolute atomic E-state index is 0.0112. The van der Waals surface area contributed by atoms with Crippen LogP contribution in [0.5, 0.6) is 5.75 Å². The highest BCUT2D eigenvalue weighted by Gasteiger charge is 2.05. The molecule has 0 bridgehead atoms. The number of aryl methyl sites for hydroxylation is 1. The van der Waals surface area contributed by atoms with Crippen LogP contribution < -0.4 is 4.74 Å². The SMILES string of the molecule is Cc1cc(C=O)cc(OC(F)F)c1. The minimum atomic E-state index is -2.86. The number of hydrogen-bond donors (Lipinski definition) is 0. The van der Waals surface area contributed by atoms with Gasteiger partial charge in [0.25, 0.3) is 0 Å². The lowest BCUT2D eigenvalue weighted by molar-refractivity contribution is -0.0498. The van der Waals surface area contributed by atoms with Crippen molar-refractivity contribution >= 4 is 6.29 Å². The topological polar surface area (TPSA) is 26.3 Å². The van der Waals surface area contributed by atoms with Gasteiger partial charge in [-0.3, -0.25) is 4.79 Å². The molecule has 0 aliphatic heterocycles. The third-order valence-corrected chi connectivity index (χ3v) is 1.43. The molecule has 0 atom stereocenters. The number of hydrogen-bond acceptors (Lipinski definition) is 2. The molecule has 4 heteroatoms. The zero-order valence-corrected chi connectivity index (χ0v) is 6.96. The molecular weight excluding hydrogens is 178 g/mol. The molecule has 0 radical (unpaired) electrons. The lowest BCUT2D eigenvalue weighted by Gasteiger charge is -2.05. The summed E-state index contributed by atoms with van der Waals surface area (Å²) in [6, 6.07) is 4.30. The smallest absolute Gasteiger partial charge is 0.387 e. The van der Waals surface area contributed by atoms with E-state index in [1.54, 1.807) is 13.0 Å². The molecule has 0 aliphatic rings. The quantitative estimate of drug-likeness (QED) is 0.677. The average Bonchev–Trinajstić information content (AvgIpc) is 2.01. The van der Waals surface area contributed by atoms with Gasteiger partial charge in [0.2, 0.25) is 0 Å². The van der Waals surface area contributed by atoms with Crippen LogP contribution in [-0.2, 0) is 0 Å². The first-order valence-electron chi connectivity index (χ1n) is 3.63. The van der Waals surface area contributed by atoms with Crippen molar-refractivity contribution in [3.05, 3.63) is 29.3 Å². The molecule has 0 aliphatic carbocycles. The molecule has 0 unspecified atom stereocenters. The fourth-order valence-electron chi connectivity index (χ4n) is 1.02. The van der Waals surface area contributed by atoms with E-state index in [2.05, 4.69) is 4.74 Å². The van der Waals surface area contributed by atoms with E-state index in [0.717, 1.165) is 0 Å². The van der Waals surface area contributed by atoms with Gasteiger partial charge in [-0.05, 0) is 30.7 Å². The molecule has 1 aromatic rings. The molecule has 70 valence electrons. The largest absolute Gasteiger partial charge is 0.435 e. The van der Waals surface area contributed by atoms with Gasteiger partial charge in [0.15, 0.2) is 0 Å². The Kier molecular flexibility index (Phi) is 2.95. The number of benzene rings is 1. The molecule has 2 nitrogen and oxygen atoms in total. The first-order valence-corrected chi connectivity index (χ1v) is 3.63. The maximum atomic E-state index is 11.8. The number of carbonyl (C=O) groups excluding carboxylic acids is 1. The molecule has 0 spiro atoms. The summed E-state index contributed by atoms with van der Waals surface area (Å²) in [6.07, 6.45) is 0.589. The summed E-state index contributed by atoms with van der Waals surface area (Å²) in [5.41, 5.74) is 1.04. The second-order valence-corrected chi connectivity index (χ2v) is 2.58. The second-order valence-electron chi connectivity index (χ2n) is 2.58. The number of aldehydes is 1. The number of carbonyl (C=O) groups is 1. The van der Waals surface area contributed by atoms with E-state index in [-0.39, 0.29) is 5.75 Å². The first-order chi connectivity index (χ1) is 6.11. The molecule has 1 rings (SSSR count). The second kappa shape index (κ2) is 3.98. The van der Waals surface area contributed by atoms with E-state index in [4.69, 9.17) is 0 Å². The van der Waals surface area contributed by atoms with E-state index in [0.29, 0.717) is 17.4 Å². The van der Waals surface area contributed by atoms with Crippen LogP contribution in [0.3, 0.4) is 0 Å². The van der Waals surface area contributed by atoms with Crippen LogP contribution >= 0.6 is 0 Å². The third-order valence-electron chi connectivity index (χ3n) is 1.43. The number of rotatable bonds is 3. The summed E-state index contributed by atoms with van der Waals surface area (Å²) >= 11 is 0. The molecule has 0 fully saturated rings. The highest BCUT2D eigenvalue weighted by Crippen LogP contribution is 2.17. The highest BCUT2D eigenvalue weighted by atomic mass is 19.3. The summed E-state index contributed by atoms with van der Waals surface area (Å²) in [4.78, 5) is 10.4. The average molecular weight is 186 g/mol. The Balaban J connectivity index is 2.94. The van der Waals surface area contributed by atoms with Gasteiger partial charge in [-0.15, -0.1) is 0 Å². The number of halogens is 2. The van der Waals surface area contributed by atoms with Crippen molar-refractivity contribution in [1.29, 1.82) is 0 Å². The van der Waals surface area contributed by atoms with Gasteiger partial charge in [-0.1, -0.05) is 0 Å². The Morgan fingerprint density at radius 3 is 2.62 bits per heavy atom. The van der Waals surface area contributed by atoms with Crippen molar-refractivity contribution in [2.24, 2.45) is 0 Å². The van der Waals surface area contributed by atoms with Crippen molar-refractivity contribution in [3.63, 3.8) is 0 Å². The maximum Gasteiger partial charge on any atom is 0.387 e. The van der Waals surface area contributed by atoms with E-state index < -0.39 is 6.61 Å². The molecule has 0 N–H and O–H groups in total. The van der Waals surface area contributed by atoms with E-state index in [1.165, 1.54) is 12.1 Å². The van der Waals surface area contributed by atoms with Crippen LogP contribution in [0.2, 0.25) is 0 Å². The monoisotopic (exact) mass is 186 g/mol.